The van der Waals surface area contributed by atoms with Gasteiger partial charge >= 0.3 is 12.1 Å². The third kappa shape index (κ3) is 5.41. The zero-order valence-electron chi connectivity index (χ0n) is 19.5. The van der Waals surface area contributed by atoms with Gasteiger partial charge in [0.15, 0.2) is 0 Å². The summed E-state index contributed by atoms with van der Waals surface area (Å²) in [5.74, 6) is -1.06. The van der Waals surface area contributed by atoms with Crippen LogP contribution in [0.2, 0.25) is 0 Å². The highest BCUT2D eigenvalue weighted by molar-refractivity contribution is 5.80. The minimum atomic E-state index is -0.838. The van der Waals surface area contributed by atoms with E-state index in [1.807, 2.05) is 31.2 Å². The first kappa shape index (κ1) is 23.8. The Bertz CT molecular complexity index is 1010. The second-order valence-electron chi connectivity index (χ2n) is 9.24. The van der Waals surface area contributed by atoms with Gasteiger partial charge in [-0.05, 0) is 47.4 Å². The quantitative estimate of drug-likeness (QED) is 0.508. The van der Waals surface area contributed by atoms with Crippen LogP contribution in [-0.2, 0) is 14.3 Å². The van der Waals surface area contributed by atoms with Gasteiger partial charge in [0.2, 0.25) is 5.91 Å². The molecule has 4 rings (SSSR count). The lowest BCUT2D eigenvalue weighted by Gasteiger charge is -2.22. The van der Waals surface area contributed by atoms with Crippen LogP contribution in [0.5, 0.6) is 0 Å². The summed E-state index contributed by atoms with van der Waals surface area (Å²) in [6, 6.07) is 15.9. The number of benzene rings is 2. The number of fused-ring (bicyclic) bond motifs is 3. The van der Waals surface area contributed by atoms with E-state index in [1.54, 1.807) is 0 Å². The molecule has 7 nitrogen and oxygen atoms in total. The lowest BCUT2D eigenvalue weighted by atomic mass is 9.98. The van der Waals surface area contributed by atoms with E-state index in [0.29, 0.717) is 6.42 Å². The van der Waals surface area contributed by atoms with E-state index in [-0.39, 0.29) is 49.3 Å². The predicted molar refractivity (Wildman–Crippen MR) is 128 cm³/mol. The third-order valence-corrected chi connectivity index (χ3v) is 7.03. The number of carbonyl (C=O) groups is 3. The van der Waals surface area contributed by atoms with Gasteiger partial charge < -0.3 is 20.5 Å². The number of alkyl carbamates (subject to hydrolysis) is 1. The Morgan fingerprint density at radius 2 is 1.68 bits per heavy atom. The fraction of sp³-hybridized carbons (Fsp3) is 0.444. The zero-order chi connectivity index (χ0) is 24.1. The average molecular weight is 465 g/mol. The van der Waals surface area contributed by atoms with Gasteiger partial charge in [-0.3, -0.25) is 9.59 Å². The molecule has 0 heterocycles. The van der Waals surface area contributed by atoms with Crippen LogP contribution in [0.3, 0.4) is 0 Å². The maximum atomic E-state index is 12.6. The second-order valence-corrected chi connectivity index (χ2v) is 9.24. The van der Waals surface area contributed by atoms with Gasteiger partial charge in [0.05, 0.1) is 6.42 Å². The predicted octanol–water partition coefficient (Wildman–Crippen LogP) is 4.45. The van der Waals surface area contributed by atoms with Crippen molar-refractivity contribution in [2.75, 3.05) is 6.61 Å². The number of carbonyl (C=O) groups excluding carboxylic acids is 2. The van der Waals surface area contributed by atoms with Crippen molar-refractivity contribution in [1.82, 2.24) is 10.6 Å². The highest BCUT2D eigenvalue weighted by atomic mass is 16.5. The van der Waals surface area contributed by atoms with Crippen molar-refractivity contribution in [2.24, 2.45) is 5.92 Å². The number of hydrogen-bond acceptors (Lipinski definition) is 4. The first-order valence-corrected chi connectivity index (χ1v) is 12.1. The van der Waals surface area contributed by atoms with Crippen molar-refractivity contribution >= 4 is 18.0 Å². The molecule has 180 valence electrons. The molecule has 2 aromatic rings. The van der Waals surface area contributed by atoms with E-state index >= 15 is 0 Å². The van der Waals surface area contributed by atoms with E-state index in [4.69, 9.17) is 9.84 Å². The first-order valence-electron chi connectivity index (χ1n) is 12.1. The molecule has 3 N–H and O–H groups in total. The van der Waals surface area contributed by atoms with Crippen LogP contribution in [0.4, 0.5) is 4.79 Å². The molecule has 0 saturated heterocycles. The first-order chi connectivity index (χ1) is 16.5. The SMILES string of the molecule is CCC(CC(=O)N[C@@H]1CCC[C@H]1CC(=O)O)NC(=O)OCC1c2ccccc2-c2ccccc21. The average Bonchev–Trinajstić information content (AvgIpc) is 3.38. The van der Waals surface area contributed by atoms with Gasteiger partial charge in [-0.2, -0.15) is 0 Å². The number of hydrogen-bond donors (Lipinski definition) is 3. The number of ether oxygens (including phenoxy) is 1. The standard InChI is InChI=1S/C27H32N2O5/c1-2-18(15-25(30)29-24-13-7-8-17(24)14-26(31)32)28-27(33)34-16-23-21-11-5-3-9-19(21)20-10-4-6-12-22(20)23/h3-6,9-12,17-18,23-24H,2,7-8,13-16H2,1H3,(H,28,33)(H,29,30)(H,31,32)/t17-,18?,24+/m0/s1. The molecule has 1 saturated carbocycles. The third-order valence-electron chi connectivity index (χ3n) is 7.03. The largest absolute Gasteiger partial charge is 0.481 e. The highest BCUT2D eigenvalue weighted by Gasteiger charge is 2.31. The molecule has 7 heteroatoms. The summed E-state index contributed by atoms with van der Waals surface area (Å²) in [6.07, 6.45) is 2.77. The number of rotatable bonds is 9. The molecule has 0 aromatic heterocycles. The van der Waals surface area contributed by atoms with E-state index in [2.05, 4.69) is 34.9 Å². The molecule has 0 aliphatic heterocycles. The monoisotopic (exact) mass is 464 g/mol. The molecular formula is C27H32N2O5. The minimum Gasteiger partial charge on any atom is -0.481 e. The molecule has 2 aliphatic carbocycles. The second kappa shape index (κ2) is 10.7. The Morgan fingerprint density at radius 3 is 2.29 bits per heavy atom. The molecule has 3 atom stereocenters. The van der Waals surface area contributed by atoms with E-state index < -0.39 is 12.1 Å². The Morgan fingerprint density at radius 1 is 1.03 bits per heavy atom. The summed E-state index contributed by atoms with van der Waals surface area (Å²) in [7, 11) is 0. The smallest absolute Gasteiger partial charge is 0.407 e. The molecule has 1 unspecified atom stereocenters. The van der Waals surface area contributed by atoms with Crippen molar-refractivity contribution in [3.63, 3.8) is 0 Å². The van der Waals surface area contributed by atoms with Gasteiger partial charge in [-0.1, -0.05) is 61.9 Å². The van der Waals surface area contributed by atoms with E-state index in [0.717, 1.165) is 30.4 Å². The lowest BCUT2D eigenvalue weighted by Crippen LogP contribution is -2.43. The van der Waals surface area contributed by atoms with Crippen molar-refractivity contribution in [3.8, 4) is 11.1 Å². The van der Waals surface area contributed by atoms with Crippen molar-refractivity contribution in [2.45, 2.75) is 63.5 Å². The van der Waals surface area contributed by atoms with Crippen molar-refractivity contribution in [3.05, 3.63) is 59.7 Å². The molecule has 1 fully saturated rings. The van der Waals surface area contributed by atoms with Gasteiger partial charge in [-0.25, -0.2) is 4.79 Å². The summed E-state index contributed by atoms with van der Waals surface area (Å²) in [5, 5.41) is 14.9. The lowest BCUT2D eigenvalue weighted by molar-refractivity contribution is -0.138. The van der Waals surface area contributed by atoms with Crippen molar-refractivity contribution < 1.29 is 24.2 Å². The molecule has 34 heavy (non-hydrogen) atoms. The Labute approximate surface area is 199 Å². The van der Waals surface area contributed by atoms with Crippen LogP contribution in [0.1, 0.15) is 62.5 Å². The maximum absolute atomic E-state index is 12.6. The van der Waals surface area contributed by atoms with Crippen LogP contribution >= 0.6 is 0 Å². The van der Waals surface area contributed by atoms with Gasteiger partial charge in [0, 0.05) is 24.4 Å². The number of nitrogens with one attached hydrogen (secondary N) is 2. The number of amides is 2. The Kier molecular flexibility index (Phi) is 7.50. The molecule has 0 bridgehead atoms. The molecular weight excluding hydrogens is 432 g/mol. The summed E-state index contributed by atoms with van der Waals surface area (Å²) in [5.41, 5.74) is 4.64. The van der Waals surface area contributed by atoms with E-state index in [1.165, 1.54) is 11.1 Å². The Hall–Kier alpha value is -3.35. The van der Waals surface area contributed by atoms with Gasteiger partial charge in [0.25, 0.3) is 0 Å². The summed E-state index contributed by atoms with van der Waals surface area (Å²) < 4.78 is 5.60. The minimum absolute atomic E-state index is 0.0185. The fourth-order valence-corrected chi connectivity index (χ4v) is 5.29. The summed E-state index contributed by atoms with van der Waals surface area (Å²) in [6.45, 7) is 2.13. The van der Waals surface area contributed by atoms with Gasteiger partial charge in [0.1, 0.15) is 6.61 Å². The summed E-state index contributed by atoms with van der Waals surface area (Å²) >= 11 is 0. The van der Waals surface area contributed by atoms with Crippen LogP contribution in [0.15, 0.2) is 48.5 Å². The summed E-state index contributed by atoms with van der Waals surface area (Å²) in [4.78, 5) is 36.2. The van der Waals surface area contributed by atoms with Crippen LogP contribution < -0.4 is 10.6 Å². The van der Waals surface area contributed by atoms with E-state index in [9.17, 15) is 14.4 Å². The van der Waals surface area contributed by atoms with Crippen molar-refractivity contribution in [1.29, 1.82) is 0 Å². The van der Waals surface area contributed by atoms with Gasteiger partial charge in [-0.15, -0.1) is 0 Å². The molecule has 2 aliphatic rings. The van der Waals surface area contributed by atoms with Crippen LogP contribution in [0, 0.1) is 5.92 Å². The normalized spacial score (nSPS) is 19.7. The molecule has 0 spiro atoms. The fourth-order valence-electron chi connectivity index (χ4n) is 5.29. The topological polar surface area (TPSA) is 105 Å². The number of aliphatic carboxylic acids is 1. The maximum Gasteiger partial charge on any atom is 0.407 e. The number of carboxylic acids is 1. The molecule has 2 amide bonds. The molecule has 2 aromatic carbocycles. The Balaban J connectivity index is 1.29. The molecule has 0 radical (unpaired) electrons. The van der Waals surface area contributed by atoms with Crippen LogP contribution in [-0.4, -0.2) is 41.8 Å². The zero-order valence-corrected chi connectivity index (χ0v) is 19.5. The van der Waals surface area contributed by atoms with Crippen LogP contribution in [0.25, 0.3) is 11.1 Å². The highest BCUT2D eigenvalue weighted by Crippen LogP contribution is 2.44. The number of carboxylic acid groups (broad SMARTS) is 1.